The van der Waals surface area contributed by atoms with Crippen LogP contribution in [-0.4, -0.2) is 72.2 Å². The number of amides is 1. The second-order valence-electron chi connectivity index (χ2n) is 7.85. The number of β-amino-alcohol motifs (C(OH)–C–C–N with tert-alkyl or cyclic N) is 1. The Morgan fingerprint density at radius 3 is 2.64 bits per heavy atom. The molecule has 5 heteroatoms. The summed E-state index contributed by atoms with van der Waals surface area (Å²) in [5.74, 6) is 0.124. The molecule has 0 spiro atoms. The first-order valence-electron chi connectivity index (χ1n) is 9.45. The Balaban J connectivity index is 1.43. The standard InChI is InChI=1S/C20H31N3O2/c1-16-12-22(10-11-23(16)13-17(2)24)14-19(25)21-15-20(8-9-20)18-6-4-3-5-7-18/h3-7,16-17,24H,8-15H2,1-2H3,(H,21,25). The van der Waals surface area contributed by atoms with E-state index >= 15 is 0 Å². The lowest BCUT2D eigenvalue weighted by Crippen LogP contribution is -2.55. The number of aliphatic hydroxyl groups is 1. The molecule has 0 radical (unpaired) electrons. The summed E-state index contributed by atoms with van der Waals surface area (Å²) in [5, 5.41) is 12.7. The molecule has 2 atom stereocenters. The van der Waals surface area contributed by atoms with Gasteiger partial charge in [-0.1, -0.05) is 30.3 Å². The molecule has 5 nitrogen and oxygen atoms in total. The first-order valence-corrected chi connectivity index (χ1v) is 9.45. The monoisotopic (exact) mass is 345 g/mol. The molecular weight excluding hydrogens is 314 g/mol. The third-order valence-corrected chi connectivity index (χ3v) is 5.58. The minimum atomic E-state index is -0.301. The second-order valence-corrected chi connectivity index (χ2v) is 7.85. The number of nitrogens with one attached hydrogen (secondary N) is 1. The van der Waals surface area contributed by atoms with Crippen LogP contribution in [0.5, 0.6) is 0 Å². The lowest BCUT2D eigenvalue weighted by molar-refractivity contribution is -0.123. The Bertz CT molecular complexity index is 572. The van der Waals surface area contributed by atoms with Crippen molar-refractivity contribution < 1.29 is 9.90 Å². The van der Waals surface area contributed by atoms with E-state index in [0.29, 0.717) is 19.1 Å². The van der Waals surface area contributed by atoms with Crippen LogP contribution in [-0.2, 0) is 10.2 Å². The number of carbonyl (C=O) groups is 1. The van der Waals surface area contributed by atoms with Crippen molar-refractivity contribution in [2.24, 2.45) is 0 Å². The maximum absolute atomic E-state index is 12.4. The minimum Gasteiger partial charge on any atom is -0.392 e. The molecule has 2 N–H and O–H groups in total. The molecule has 1 aliphatic heterocycles. The van der Waals surface area contributed by atoms with E-state index in [1.165, 1.54) is 5.56 Å². The fourth-order valence-electron chi connectivity index (χ4n) is 3.86. The summed E-state index contributed by atoms with van der Waals surface area (Å²) in [7, 11) is 0. The molecule has 1 heterocycles. The second kappa shape index (κ2) is 7.85. The van der Waals surface area contributed by atoms with Crippen molar-refractivity contribution in [3.05, 3.63) is 35.9 Å². The molecule has 1 saturated heterocycles. The number of rotatable bonds is 7. The van der Waals surface area contributed by atoms with Crippen molar-refractivity contribution in [2.75, 3.05) is 39.3 Å². The Morgan fingerprint density at radius 2 is 2.04 bits per heavy atom. The van der Waals surface area contributed by atoms with E-state index in [0.717, 1.165) is 39.0 Å². The fourth-order valence-corrected chi connectivity index (χ4v) is 3.86. The van der Waals surface area contributed by atoms with Gasteiger partial charge in [-0.15, -0.1) is 0 Å². The summed E-state index contributed by atoms with van der Waals surface area (Å²) in [4.78, 5) is 16.9. The van der Waals surface area contributed by atoms with E-state index in [2.05, 4.69) is 46.3 Å². The van der Waals surface area contributed by atoms with Gasteiger partial charge in [-0.25, -0.2) is 0 Å². The van der Waals surface area contributed by atoms with E-state index in [1.807, 2.05) is 13.0 Å². The van der Waals surface area contributed by atoms with E-state index < -0.39 is 0 Å². The van der Waals surface area contributed by atoms with Crippen molar-refractivity contribution in [1.82, 2.24) is 15.1 Å². The average Bonchev–Trinajstić information content (AvgIpc) is 3.37. The summed E-state index contributed by atoms with van der Waals surface area (Å²) in [6.45, 7) is 8.59. The number of piperazine rings is 1. The number of hydrogen-bond donors (Lipinski definition) is 2. The molecule has 1 saturated carbocycles. The van der Waals surface area contributed by atoms with Crippen molar-refractivity contribution in [2.45, 2.75) is 44.2 Å². The SMILES string of the molecule is CC(O)CN1CCN(CC(=O)NCC2(c3ccccc3)CC2)CC1C. The third kappa shape index (κ3) is 4.81. The maximum atomic E-state index is 12.4. The van der Waals surface area contributed by atoms with Crippen molar-refractivity contribution >= 4 is 5.91 Å². The molecule has 2 unspecified atom stereocenters. The highest BCUT2D eigenvalue weighted by Gasteiger charge is 2.44. The first kappa shape index (κ1) is 18.4. The minimum absolute atomic E-state index is 0.124. The molecular formula is C20H31N3O2. The van der Waals surface area contributed by atoms with Gasteiger partial charge in [-0.2, -0.15) is 0 Å². The Hall–Kier alpha value is -1.43. The highest BCUT2D eigenvalue weighted by molar-refractivity contribution is 5.78. The number of benzene rings is 1. The molecule has 1 aromatic carbocycles. The zero-order valence-corrected chi connectivity index (χ0v) is 15.4. The van der Waals surface area contributed by atoms with Crippen LogP contribution in [0.1, 0.15) is 32.3 Å². The van der Waals surface area contributed by atoms with Crippen LogP contribution in [0.2, 0.25) is 0 Å². The van der Waals surface area contributed by atoms with Crippen LogP contribution in [0, 0.1) is 0 Å². The Labute approximate surface area is 151 Å². The highest BCUT2D eigenvalue weighted by Crippen LogP contribution is 2.47. The lowest BCUT2D eigenvalue weighted by Gasteiger charge is -2.40. The van der Waals surface area contributed by atoms with Crippen LogP contribution in [0.25, 0.3) is 0 Å². The quantitative estimate of drug-likeness (QED) is 0.780. The average molecular weight is 345 g/mol. The van der Waals surface area contributed by atoms with E-state index in [1.54, 1.807) is 0 Å². The summed E-state index contributed by atoms with van der Waals surface area (Å²) < 4.78 is 0. The molecule has 2 fully saturated rings. The van der Waals surface area contributed by atoms with Crippen molar-refractivity contribution in [3.63, 3.8) is 0 Å². The molecule has 1 aliphatic carbocycles. The van der Waals surface area contributed by atoms with Gasteiger partial charge < -0.3 is 10.4 Å². The van der Waals surface area contributed by atoms with Gasteiger partial charge in [0.2, 0.25) is 5.91 Å². The predicted molar refractivity (Wildman–Crippen MR) is 99.5 cm³/mol. The smallest absolute Gasteiger partial charge is 0.234 e. The molecule has 25 heavy (non-hydrogen) atoms. The van der Waals surface area contributed by atoms with E-state index in [9.17, 15) is 9.90 Å². The fraction of sp³-hybridized carbons (Fsp3) is 0.650. The highest BCUT2D eigenvalue weighted by atomic mass is 16.3. The first-order chi connectivity index (χ1) is 12.0. The van der Waals surface area contributed by atoms with Crippen LogP contribution >= 0.6 is 0 Å². The van der Waals surface area contributed by atoms with Gasteiger partial charge in [0.1, 0.15) is 0 Å². The van der Waals surface area contributed by atoms with E-state index in [-0.39, 0.29) is 17.4 Å². The Kier molecular flexibility index (Phi) is 5.77. The van der Waals surface area contributed by atoms with Crippen LogP contribution < -0.4 is 5.32 Å². The summed E-state index contributed by atoms with van der Waals surface area (Å²) in [5.41, 5.74) is 1.51. The summed E-state index contributed by atoms with van der Waals surface area (Å²) >= 11 is 0. The zero-order chi connectivity index (χ0) is 17.9. The molecule has 0 aromatic heterocycles. The van der Waals surface area contributed by atoms with Gasteiger partial charge in [0, 0.05) is 44.2 Å². The number of nitrogens with zero attached hydrogens (tertiary/aromatic N) is 2. The predicted octanol–water partition coefficient (Wildman–Crippen LogP) is 1.22. The van der Waals surface area contributed by atoms with Gasteiger partial charge in [-0.3, -0.25) is 14.6 Å². The van der Waals surface area contributed by atoms with Gasteiger partial charge in [-0.05, 0) is 32.3 Å². The zero-order valence-electron chi connectivity index (χ0n) is 15.4. The topological polar surface area (TPSA) is 55.8 Å². The Morgan fingerprint density at radius 1 is 1.32 bits per heavy atom. The summed E-state index contributed by atoms with van der Waals surface area (Å²) in [6.07, 6.45) is 2.02. The molecule has 2 aliphatic rings. The van der Waals surface area contributed by atoms with Crippen LogP contribution in [0.3, 0.4) is 0 Å². The van der Waals surface area contributed by atoms with Crippen LogP contribution in [0.15, 0.2) is 30.3 Å². The number of carbonyl (C=O) groups excluding carboxylic acids is 1. The number of aliphatic hydroxyl groups excluding tert-OH is 1. The molecule has 138 valence electrons. The molecule has 3 rings (SSSR count). The van der Waals surface area contributed by atoms with Gasteiger partial charge in [0.15, 0.2) is 0 Å². The normalized spacial score (nSPS) is 24.7. The lowest BCUT2D eigenvalue weighted by atomic mass is 9.96. The molecule has 1 amide bonds. The van der Waals surface area contributed by atoms with Crippen LogP contribution in [0.4, 0.5) is 0 Å². The largest absolute Gasteiger partial charge is 0.392 e. The van der Waals surface area contributed by atoms with Gasteiger partial charge in [0.25, 0.3) is 0 Å². The van der Waals surface area contributed by atoms with Crippen molar-refractivity contribution in [3.8, 4) is 0 Å². The maximum Gasteiger partial charge on any atom is 0.234 e. The van der Waals surface area contributed by atoms with Gasteiger partial charge >= 0.3 is 0 Å². The van der Waals surface area contributed by atoms with E-state index in [4.69, 9.17) is 0 Å². The van der Waals surface area contributed by atoms with Gasteiger partial charge in [0.05, 0.1) is 12.6 Å². The molecule has 1 aromatic rings. The summed E-state index contributed by atoms with van der Waals surface area (Å²) in [6, 6.07) is 10.9. The molecule has 0 bridgehead atoms. The number of hydrogen-bond acceptors (Lipinski definition) is 4. The van der Waals surface area contributed by atoms with Crippen molar-refractivity contribution in [1.29, 1.82) is 0 Å². The third-order valence-electron chi connectivity index (χ3n) is 5.58.